The smallest absolute Gasteiger partial charge is 0.399 e. The number of rotatable bonds is 18. The normalized spacial score (nSPS) is 12.4. The Hall–Kier alpha value is -16.0. The van der Waals surface area contributed by atoms with Gasteiger partial charge in [0.2, 0.25) is 0 Å². The van der Waals surface area contributed by atoms with Gasteiger partial charge in [-0.25, -0.2) is 49.8 Å². The lowest BCUT2D eigenvalue weighted by Gasteiger charge is -2.32. The average molecular weight is 1700 g/mol. The predicted molar refractivity (Wildman–Crippen MR) is 530 cm³/mol. The van der Waals surface area contributed by atoms with Crippen LogP contribution in [0, 0.1) is 0 Å². The predicted octanol–water partition coefficient (Wildman–Crippen LogP) is 28.3. The van der Waals surface area contributed by atoms with Gasteiger partial charge in [0.25, 0.3) is 0 Å². The van der Waals surface area contributed by atoms with E-state index >= 15 is 0 Å². The van der Waals surface area contributed by atoms with Gasteiger partial charge in [-0.05, 0) is 156 Å². The van der Waals surface area contributed by atoms with Crippen LogP contribution in [0.15, 0.2) is 449 Å². The van der Waals surface area contributed by atoms with Crippen LogP contribution in [-0.2, 0) is 9.31 Å². The molecule has 0 atom stereocenters. The first kappa shape index (κ1) is 83.5. The summed E-state index contributed by atoms with van der Waals surface area (Å²) in [6.45, 7) is 8.23. The highest BCUT2D eigenvalue weighted by Gasteiger charge is 2.52. The van der Waals surface area contributed by atoms with E-state index in [9.17, 15) is 0 Å². The summed E-state index contributed by atoms with van der Waals surface area (Å²) in [5.74, 6) is 5.15. The van der Waals surface area contributed by atoms with Crippen molar-refractivity contribution < 1.29 is 9.31 Å². The summed E-state index contributed by atoms with van der Waals surface area (Å²) in [4.78, 5) is 49.5. The monoisotopic (exact) mass is 1700 g/mol. The number of hydrogen-bond donors (Lipinski definition) is 0. The van der Waals surface area contributed by atoms with Gasteiger partial charge in [0.15, 0.2) is 46.6 Å². The van der Waals surface area contributed by atoms with Gasteiger partial charge in [-0.2, -0.15) is 0 Å². The minimum absolute atomic E-state index is 0.401. The Bertz CT molecular complexity index is 7060. The molecule has 1 aliphatic heterocycles. The molecule has 0 N–H and O–H groups in total. The summed E-state index contributed by atoms with van der Waals surface area (Å²) in [6, 6.07) is 153. The second-order valence-corrected chi connectivity index (χ2v) is 33.1. The largest absolute Gasteiger partial charge is 0.494 e. The molecule has 5 heterocycles. The van der Waals surface area contributed by atoms with Gasteiger partial charge in [-0.3, -0.25) is 0 Å². The SMILES string of the molecule is CC1(C)OB(c2cccc(-c3nc(-c4ccccc4)nc(-c4ccccc4)n3)c2)OC1(C)C.Clc1ccc(-c2cc(-c3cc(-c4ccccc4)cc(-c4ccccc4)c3)nc(-c3ccccc3)n2)cc1.c1ccc(-c2cc(-c3ccccc3)cc(-c3cc(-c4cccc(-c5ccc(-c6nc(-c7ccccc7)nc(-c7ccccc7)n6)cc5)c4)nc(-c4ccccc4)n3)c2)cc1. The van der Waals surface area contributed by atoms with E-state index in [-0.39, 0.29) is 0 Å². The molecule has 130 heavy (non-hydrogen) atoms. The van der Waals surface area contributed by atoms with Crippen LogP contribution in [0.1, 0.15) is 27.7 Å². The van der Waals surface area contributed by atoms with Gasteiger partial charge in [0, 0.05) is 71.8 Å². The fourth-order valence-electron chi connectivity index (χ4n) is 15.6. The van der Waals surface area contributed by atoms with Crippen molar-refractivity contribution in [3.63, 3.8) is 0 Å². The van der Waals surface area contributed by atoms with Crippen LogP contribution in [0.4, 0.5) is 0 Å². The molecule has 4 aromatic heterocycles. The van der Waals surface area contributed by atoms with Gasteiger partial charge in [-0.1, -0.05) is 394 Å². The lowest BCUT2D eigenvalue weighted by molar-refractivity contribution is 0.00578. The average Bonchev–Trinajstić information content (AvgIpc) is 1.56. The maximum atomic E-state index is 6.25. The molecule has 16 aromatic carbocycles. The molecule has 0 bridgehead atoms. The Balaban J connectivity index is 0.000000135. The van der Waals surface area contributed by atoms with Crippen LogP contribution >= 0.6 is 11.6 Å². The zero-order chi connectivity index (χ0) is 88.2. The molecule has 12 nitrogen and oxygen atoms in total. The van der Waals surface area contributed by atoms with Crippen molar-refractivity contribution in [1.29, 1.82) is 0 Å². The summed E-state index contributed by atoms with van der Waals surface area (Å²) in [6.07, 6.45) is 0. The molecular formula is C116H86BClN10O2. The third-order valence-electron chi connectivity index (χ3n) is 23.2. The van der Waals surface area contributed by atoms with E-state index in [4.69, 9.17) is 70.7 Å². The topological polar surface area (TPSA) is 147 Å². The molecule has 14 heteroatoms. The van der Waals surface area contributed by atoms with Gasteiger partial charge in [-0.15, -0.1) is 0 Å². The zero-order valence-corrected chi connectivity index (χ0v) is 72.7. The van der Waals surface area contributed by atoms with Crippen molar-refractivity contribution in [3.05, 3.63) is 454 Å². The number of benzene rings is 16. The molecule has 0 aliphatic carbocycles. The zero-order valence-electron chi connectivity index (χ0n) is 72.0. The number of aromatic nitrogens is 10. The summed E-state index contributed by atoms with van der Waals surface area (Å²) in [5, 5.41) is 0.698. The third-order valence-corrected chi connectivity index (χ3v) is 23.5. The second kappa shape index (κ2) is 38.0. The van der Waals surface area contributed by atoms with Crippen LogP contribution in [-0.4, -0.2) is 68.2 Å². The van der Waals surface area contributed by atoms with Crippen LogP contribution in [0.2, 0.25) is 5.02 Å². The lowest BCUT2D eigenvalue weighted by Crippen LogP contribution is -2.41. The highest BCUT2D eigenvalue weighted by atomic mass is 35.5. The standard InChI is InChI=1S/C55H37N5.C34H23ClN2.C27H26BN3O2/c1-6-17-38(18-7-1)47-34-48(39-19-8-2-9-20-39)36-49(35-47)51-37-50(56-52(57-51)41-21-10-3-11-22-41)46-28-16-27-45(33-46)40-29-31-44(32-30-40)55-59-53(42-23-12-4-13-24-42)58-54(60-55)43-25-14-5-15-26-43;35-31-18-16-26(17-19-31)32-23-33(37-34(36-32)27-14-8-3-9-15-27)30-21-28(24-10-4-1-5-11-24)20-29(22-30)25-12-6-2-7-13-25;1-26(2)27(3,4)33-28(32-26)22-17-11-16-21(18-22)25-30-23(19-12-7-5-8-13-19)29-24(31-25)20-14-9-6-10-15-20/h1-37H;1-23H;5-18H,1-4H3. The lowest BCUT2D eigenvalue weighted by atomic mass is 9.78. The molecule has 1 saturated heterocycles. The van der Waals surface area contributed by atoms with Crippen molar-refractivity contribution in [2.24, 2.45) is 0 Å². The molecule has 622 valence electrons. The van der Waals surface area contributed by atoms with Crippen LogP contribution in [0.5, 0.6) is 0 Å². The van der Waals surface area contributed by atoms with Gasteiger partial charge in [0.05, 0.1) is 34.0 Å². The number of halogens is 1. The van der Waals surface area contributed by atoms with E-state index in [2.05, 4.69) is 246 Å². The van der Waals surface area contributed by atoms with E-state index in [1.54, 1.807) is 0 Å². The third kappa shape index (κ3) is 19.3. The fourth-order valence-corrected chi connectivity index (χ4v) is 15.8. The maximum absolute atomic E-state index is 6.25. The Kier molecular flexibility index (Phi) is 24.4. The van der Waals surface area contributed by atoms with Gasteiger partial charge >= 0.3 is 7.12 Å². The first-order valence-corrected chi connectivity index (χ1v) is 43.7. The van der Waals surface area contributed by atoms with Crippen molar-refractivity contribution >= 4 is 24.2 Å². The summed E-state index contributed by atoms with van der Waals surface area (Å²) in [5.41, 5.74) is 26.4. The van der Waals surface area contributed by atoms with Gasteiger partial charge in [0.1, 0.15) is 0 Å². The van der Waals surface area contributed by atoms with Crippen LogP contribution in [0.3, 0.4) is 0 Å². The van der Waals surface area contributed by atoms with E-state index in [0.717, 1.165) is 151 Å². The molecule has 0 spiro atoms. The minimum Gasteiger partial charge on any atom is -0.399 e. The Morgan fingerprint density at radius 1 is 0.169 bits per heavy atom. The second-order valence-electron chi connectivity index (χ2n) is 32.7. The summed E-state index contributed by atoms with van der Waals surface area (Å²) >= 11 is 6.17. The molecule has 0 amide bonds. The van der Waals surface area contributed by atoms with E-state index in [1.165, 1.54) is 0 Å². The molecule has 0 radical (unpaired) electrons. The van der Waals surface area contributed by atoms with E-state index in [1.807, 2.05) is 231 Å². The summed E-state index contributed by atoms with van der Waals surface area (Å²) in [7, 11) is -0.445. The van der Waals surface area contributed by atoms with Crippen molar-refractivity contribution in [3.8, 4) is 192 Å². The highest BCUT2D eigenvalue weighted by molar-refractivity contribution is 6.62. The van der Waals surface area contributed by atoms with Crippen molar-refractivity contribution in [2.45, 2.75) is 38.9 Å². The molecule has 1 aliphatic rings. The van der Waals surface area contributed by atoms with Gasteiger partial charge < -0.3 is 9.31 Å². The maximum Gasteiger partial charge on any atom is 0.494 e. The Morgan fingerprint density at radius 3 is 0.700 bits per heavy atom. The summed E-state index contributed by atoms with van der Waals surface area (Å²) < 4.78 is 12.5. The van der Waals surface area contributed by atoms with Crippen LogP contribution in [0.25, 0.3) is 192 Å². The molecular weight excluding hydrogens is 1610 g/mol. The molecule has 0 unspecified atom stereocenters. The Morgan fingerprint density at radius 2 is 0.377 bits per heavy atom. The first-order valence-electron chi connectivity index (χ1n) is 43.3. The molecule has 20 aromatic rings. The highest BCUT2D eigenvalue weighted by Crippen LogP contribution is 2.41. The molecule has 21 rings (SSSR count). The minimum atomic E-state index is -0.445. The van der Waals surface area contributed by atoms with E-state index < -0.39 is 18.3 Å². The molecule has 1 fully saturated rings. The first-order chi connectivity index (χ1) is 63.7. The number of nitrogens with zero attached hydrogens (tertiary/aromatic N) is 10. The van der Waals surface area contributed by atoms with Crippen molar-refractivity contribution in [2.75, 3.05) is 0 Å². The van der Waals surface area contributed by atoms with E-state index in [0.29, 0.717) is 51.6 Å². The number of hydrogen-bond acceptors (Lipinski definition) is 12. The Labute approximate surface area is 762 Å². The quantitative estimate of drug-likeness (QED) is 0.0753. The van der Waals surface area contributed by atoms with Crippen LogP contribution < -0.4 is 5.46 Å². The fraction of sp³-hybridized carbons (Fsp3) is 0.0517. The molecule has 0 saturated carbocycles. The van der Waals surface area contributed by atoms with Crippen molar-refractivity contribution in [1.82, 2.24) is 49.8 Å².